The molecule has 1 aliphatic heterocycles. The lowest BCUT2D eigenvalue weighted by atomic mass is 10.0. The first-order valence-electron chi connectivity index (χ1n) is 6.43. The van der Waals surface area contributed by atoms with Crippen LogP contribution in [0.5, 0.6) is 5.75 Å². The number of nitrogens with zero attached hydrogens (tertiary/aromatic N) is 1. The summed E-state index contributed by atoms with van der Waals surface area (Å²) in [7, 11) is 0. The number of ether oxygens (including phenoxy) is 1. The number of rotatable bonds is 5. The summed E-state index contributed by atoms with van der Waals surface area (Å²) in [5, 5.41) is 9.07. The van der Waals surface area contributed by atoms with E-state index in [1.54, 1.807) is 0 Å². The van der Waals surface area contributed by atoms with Crippen LogP contribution in [0.3, 0.4) is 0 Å². The van der Waals surface area contributed by atoms with Gasteiger partial charge in [-0.15, -0.1) is 0 Å². The molecule has 0 saturated carbocycles. The third-order valence-electron chi connectivity index (χ3n) is 3.65. The van der Waals surface area contributed by atoms with Gasteiger partial charge >= 0.3 is 5.97 Å². The second-order valence-corrected chi connectivity index (χ2v) is 5.73. The molecular weight excluding hydrogens is 310 g/mol. The fourth-order valence-corrected chi connectivity index (χ4v) is 2.87. The lowest BCUT2D eigenvalue weighted by molar-refractivity contribution is -0.142. The molecule has 19 heavy (non-hydrogen) atoms. The Bertz CT molecular complexity index is 452. The molecule has 2 atom stereocenters. The molecule has 1 aromatic rings. The minimum atomic E-state index is -0.692. The van der Waals surface area contributed by atoms with Crippen LogP contribution in [-0.4, -0.2) is 41.7 Å². The van der Waals surface area contributed by atoms with Crippen LogP contribution in [-0.2, 0) is 4.79 Å². The van der Waals surface area contributed by atoms with Crippen LogP contribution in [0.15, 0.2) is 28.7 Å². The van der Waals surface area contributed by atoms with E-state index in [2.05, 4.69) is 20.8 Å². The molecule has 2 rings (SSSR count). The molecule has 1 fully saturated rings. The first-order chi connectivity index (χ1) is 9.08. The van der Waals surface area contributed by atoms with E-state index in [1.165, 1.54) is 0 Å². The van der Waals surface area contributed by atoms with Crippen molar-refractivity contribution in [1.29, 1.82) is 0 Å². The minimum absolute atomic E-state index is 0.0867. The Labute approximate surface area is 121 Å². The maximum Gasteiger partial charge on any atom is 0.308 e. The van der Waals surface area contributed by atoms with Gasteiger partial charge in [0.15, 0.2) is 0 Å². The van der Waals surface area contributed by atoms with Gasteiger partial charge in [0, 0.05) is 17.1 Å². The Morgan fingerprint density at radius 2 is 2.37 bits per heavy atom. The van der Waals surface area contributed by atoms with Crippen molar-refractivity contribution in [3.8, 4) is 5.75 Å². The lowest BCUT2D eigenvalue weighted by Gasteiger charge is -2.22. The molecule has 0 amide bonds. The van der Waals surface area contributed by atoms with Crippen molar-refractivity contribution in [3.63, 3.8) is 0 Å². The number of carboxylic acid groups (broad SMARTS) is 1. The van der Waals surface area contributed by atoms with Crippen LogP contribution in [0.25, 0.3) is 0 Å². The topological polar surface area (TPSA) is 49.8 Å². The molecule has 2 unspecified atom stereocenters. The first kappa shape index (κ1) is 14.3. The van der Waals surface area contributed by atoms with Gasteiger partial charge in [-0.1, -0.05) is 22.0 Å². The standard InChI is InChI=1S/C14H18BrNO3/c1-10-13(14(17)18)5-6-16(10)7-8-19-12-4-2-3-11(15)9-12/h2-4,9-10,13H,5-8H2,1H3,(H,17,18). The van der Waals surface area contributed by atoms with Crippen molar-refractivity contribution < 1.29 is 14.6 Å². The van der Waals surface area contributed by atoms with Crippen molar-refractivity contribution in [2.45, 2.75) is 19.4 Å². The van der Waals surface area contributed by atoms with Crippen molar-refractivity contribution >= 4 is 21.9 Å². The summed E-state index contributed by atoms with van der Waals surface area (Å²) in [5.74, 6) is -0.107. The van der Waals surface area contributed by atoms with Gasteiger partial charge < -0.3 is 9.84 Å². The number of carbonyl (C=O) groups is 1. The molecule has 104 valence electrons. The quantitative estimate of drug-likeness (QED) is 0.903. The highest BCUT2D eigenvalue weighted by molar-refractivity contribution is 9.10. The molecule has 5 heteroatoms. The smallest absolute Gasteiger partial charge is 0.308 e. The zero-order valence-corrected chi connectivity index (χ0v) is 12.5. The SMILES string of the molecule is CC1C(C(=O)O)CCN1CCOc1cccc(Br)c1. The number of likely N-dealkylation sites (tertiary alicyclic amines) is 1. The third kappa shape index (κ3) is 3.70. The van der Waals surface area contributed by atoms with Crippen molar-refractivity contribution in [1.82, 2.24) is 4.90 Å². The van der Waals surface area contributed by atoms with E-state index in [9.17, 15) is 4.79 Å². The Kier molecular flexibility index (Phi) is 4.82. The largest absolute Gasteiger partial charge is 0.492 e. The fraction of sp³-hybridized carbons (Fsp3) is 0.500. The molecule has 0 aromatic heterocycles. The molecule has 0 bridgehead atoms. The summed E-state index contributed by atoms with van der Waals surface area (Å²) in [6.45, 7) is 4.15. The maximum atomic E-state index is 11.0. The molecule has 1 aliphatic rings. The number of hydrogen-bond acceptors (Lipinski definition) is 3. The number of aliphatic carboxylic acids is 1. The number of carboxylic acids is 1. The molecule has 1 aromatic carbocycles. The molecular formula is C14H18BrNO3. The van der Waals surface area contributed by atoms with Gasteiger partial charge in [-0.25, -0.2) is 0 Å². The summed E-state index contributed by atoms with van der Waals surface area (Å²) in [4.78, 5) is 13.2. The van der Waals surface area contributed by atoms with Gasteiger partial charge in [0.05, 0.1) is 5.92 Å². The first-order valence-corrected chi connectivity index (χ1v) is 7.22. The van der Waals surface area contributed by atoms with E-state index in [0.29, 0.717) is 6.61 Å². The predicted octanol–water partition coefficient (Wildman–Crippen LogP) is 2.62. The van der Waals surface area contributed by atoms with E-state index in [-0.39, 0.29) is 12.0 Å². The predicted molar refractivity (Wildman–Crippen MR) is 76.4 cm³/mol. The number of hydrogen-bond donors (Lipinski definition) is 1. The maximum absolute atomic E-state index is 11.0. The van der Waals surface area contributed by atoms with E-state index >= 15 is 0 Å². The van der Waals surface area contributed by atoms with Crippen molar-refractivity contribution in [2.75, 3.05) is 19.7 Å². The average Bonchev–Trinajstić information content (AvgIpc) is 2.71. The molecule has 1 heterocycles. The highest BCUT2D eigenvalue weighted by Gasteiger charge is 2.35. The molecule has 0 aliphatic carbocycles. The highest BCUT2D eigenvalue weighted by atomic mass is 79.9. The summed E-state index contributed by atoms with van der Waals surface area (Å²) in [6, 6.07) is 7.81. The summed E-state index contributed by atoms with van der Waals surface area (Å²) < 4.78 is 6.66. The van der Waals surface area contributed by atoms with Crippen molar-refractivity contribution in [2.24, 2.45) is 5.92 Å². The van der Waals surface area contributed by atoms with Crippen LogP contribution in [0.2, 0.25) is 0 Å². The van der Waals surface area contributed by atoms with Crippen LogP contribution >= 0.6 is 15.9 Å². The molecule has 1 saturated heterocycles. The fourth-order valence-electron chi connectivity index (χ4n) is 2.49. The van der Waals surface area contributed by atoms with Gasteiger partial charge in [-0.3, -0.25) is 9.69 Å². The lowest BCUT2D eigenvalue weighted by Crippen LogP contribution is -2.35. The monoisotopic (exact) mass is 327 g/mol. The Morgan fingerprint density at radius 3 is 3.00 bits per heavy atom. The van der Waals surface area contributed by atoms with Gasteiger partial charge in [0.1, 0.15) is 12.4 Å². The molecule has 0 radical (unpaired) electrons. The second-order valence-electron chi connectivity index (χ2n) is 4.82. The summed E-state index contributed by atoms with van der Waals surface area (Å²) in [5.41, 5.74) is 0. The number of benzene rings is 1. The van der Waals surface area contributed by atoms with Crippen LogP contribution in [0.1, 0.15) is 13.3 Å². The van der Waals surface area contributed by atoms with Crippen LogP contribution < -0.4 is 4.74 Å². The number of halogens is 1. The van der Waals surface area contributed by atoms with Crippen molar-refractivity contribution in [3.05, 3.63) is 28.7 Å². The third-order valence-corrected chi connectivity index (χ3v) is 4.14. The van der Waals surface area contributed by atoms with Gasteiger partial charge in [-0.05, 0) is 38.1 Å². The Balaban J connectivity index is 1.79. The Hall–Kier alpha value is -1.07. The second kappa shape index (κ2) is 6.39. The van der Waals surface area contributed by atoms with Gasteiger partial charge in [0.2, 0.25) is 0 Å². The van der Waals surface area contributed by atoms with Crippen LogP contribution in [0, 0.1) is 5.92 Å². The van der Waals surface area contributed by atoms with Gasteiger partial charge in [-0.2, -0.15) is 0 Å². The normalized spacial score (nSPS) is 23.5. The van der Waals surface area contributed by atoms with E-state index in [1.807, 2.05) is 31.2 Å². The van der Waals surface area contributed by atoms with E-state index in [4.69, 9.17) is 9.84 Å². The zero-order chi connectivity index (χ0) is 13.8. The van der Waals surface area contributed by atoms with E-state index < -0.39 is 5.97 Å². The average molecular weight is 328 g/mol. The summed E-state index contributed by atoms with van der Waals surface area (Å²) >= 11 is 3.40. The van der Waals surface area contributed by atoms with E-state index in [0.717, 1.165) is 29.7 Å². The van der Waals surface area contributed by atoms with Gasteiger partial charge in [0.25, 0.3) is 0 Å². The molecule has 4 nitrogen and oxygen atoms in total. The highest BCUT2D eigenvalue weighted by Crippen LogP contribution is 2.24. The molecule has 0 spiro atoms. The van der Waals surface area contributed by atoms with Crippen LogP contribution in [0.4, 0.5) is 0 Å². The summed E-state index contributed by atoms with van der Waals surface area (Å²) in [6.07, 6.45) is 0.730. The minimum Gasteiger partial charge on any atom is -0.492 e. The zero-order valence-electron chi connectivity index (χ0n) is 10.9. The molecule has 1 N–H and O–H groups in total. The Morgan fingerprint density at radius 1 is 1.58 bits per heavy atom.